The fraction of sp³-hybridized carbons (Fsp3) is 0.357. The lowest BCUT2D eigenvalue weighted by Crippen LogP contribution is -2.41. The Morgan fingerprint density at radius 3 is 2.71 bits per heavy atom. The van der Waals surface area contributed by atoms with Crippen molar-refractivity contribution in [3.05, 3.63) is 29.8 Å². The van der Waals surface area contributed by atoms with E-state index in [1.807, 2.05) is 39.0 Å². The number of rotatable bonds is 3. The van der Waals surface area contributed by atoms with Crippen molar-refractivity contribution < 1.29 is 4.79 Å². The minimum absolute atomic E-state index is 0.0714. The molecule has 1 amide bonds. The van der Waals surface area contributed by atoms with Crippen molar-refractivity contribution in [2.45, 2.75) is 26.3 Å². The molecule has 3 heteroatoms. The monoisotopic (exact) mass is 230 g/mol. The fourth-order valence-electron chi connectivity index (χ4n) is 1.24. The van der Waals surface area contributed by atoms with E-state index in [1.165, 1.54) is 0 Å². The van der Waals surface area contributed by atoms with Crippen LogP contribution in [0.4, 0.5) is 5.69 Å². The van der Waals surface area contributed by atoms with E-state index >= 15 is 0 Å². The molecular weight excluding hydrogens is 212 g/mol. The van der Waals surface area contributed by atoms with Gasteiger partial charge in [-0.05, 0) is 39.0 Å². The first-order valence-electron chi connectivity index (χ1n) is 5.52. The molecule has 0 spiro atoms. The Hall–Kier alpha value is -1.79. The van der Waals surface area contributed by atoms with Crippen molar-refractivity contribution in [3.8, 4) is 12.3 Å². The average Bonchev–Trinajstić information content (AvgIpc) is 2.26. The van der Waals surface area contributed by atoms with Gasteiger partial charge in [-0.25, -0.2) is 0 Å². The molecule has 0 aliphatic rings. The molecule has 0 fully saturated rings. The molecule has 0 aliphatic heterocycles. The minimum atomic E-state index is -0.0749. The van der Waals surface area contributed by atoms with Gasteiger partial charge < -0.3 is 10.6 Å². The Morgan fingerprint density at radius 2 is 2.12 bits per heavy atom. The third-order valence-electron chi connectivity index (χ3n) is 2.09. The maximum absolute atomic E-state index is 11.6. The van der Waals surface area contributed by atoms with Gasteiger partial charge in [-0.3, -0.25) is 4.79 Å². The highest BCUT2D eigenvalue weighted by molar-refractivity contribution is 5.92. The molecule has 0 atom stereocenters. The Labute approximate surface area is 103 Å². The van der Waals surface area contributed by atoms with Crippen molar-refractivity contribution in [1.82, 2.24) is 5.32 Å². The summed E-state index contributed by atoms with van der Waals surface area (Å²) in [6.07, 6.45) is 5.29. The van der Waals surface area contributed by atoms with Gasteiger partial charge >= 0.3 is 0 Å². The molecule has 0 aliphatic carbocycles. The summed E-state index contributed by atoms with van der Waals surface area (Å²) in [5, 5.41) is 5.91. The van der Waals surface area contributed by atoms with Crippen LogP contribution in [0.15, 0.2) is 24.3 Å². The normalized spacial score (nSPS) is 10.7. The second-order valence-corrected chi connectivity index (χ2v) is 4.88. The van der Waals surface area contributed by atoms with E-state index in [1.54, 1.807) is 6.07 Å². The molecule has 1 aromatic rings. The van der Waals surface area contributed by atoms with Gasteiger partial charge in [-0.1, -0.05) is 12.0 Å². The van der Waals surface area contributed by atoms with Crippen molar-refractivity contribution in [1.29, 1.82) is 0 Å². The molecule has 0 saturated carbocycles. The quantitative estimate of drug-likeness (QED) is 0.780. The second-order valence-electron chi connectivity index (χ2n) is 4.88. The number of amides is 1. The molecule has 0 radical (unpaired) electrons. The summed E-state index contributed by atoms with van der Waals surface area (Å²) < 4.78 is 0. The molecular formula is C14H18N2O. The van der Waals surface area contributed by atoms with Crippen molar-refractivity contribution >= 4 is 11.6 Å². The first-order chi connectivity index (χ1) is 7.90. The predicted molar refractivity (Wildman–Crippen MR) is 70.8 cm³/mol. The van der Waals surface area contributed by atoms with Gasteiger partial charge in [0.2, 0.25) is 5.91 Å². The van der Waals surface area contributed by atoms with Crippen LogP contribution in [-0.4, -0.2) is 18.0 Å². The lowest BCUT2D eigenvalue weighted by molar-refractivity contribution is -0.115. The van der Waals surface area contributed by atoms with Gasteiger partial charge in [0.25, 0.3) is 0 Å². The molecule has 90 valence electrons. The van der Waals surface area contributed by atoms with Crippen LogP contribution in [0.1, 0.15) is 26.3 Å². The maximum Gasteiger partial charge on any atom is 0.238 e. The highest BCUT2D eigenvalue weighted by atomic mass is 16.1. The van der Waals surface area contributed by atoms with Gasteiger partial charge in [0, 0.05) is 16.8 Å². The number of benzene rings is 1. The summed E-state index contributed by atoms with van der Waals surface area (Å²) in [7, 11) is 0. The summed E-state index contributed by atoms with van der Waals surface area (Å²) in [5.74, 6) is 2.46. The highest BCUT2D eigenvalue weighted by Gasteiger charge is 2.11. The van der Waals surface area contributed by atoms with Crippen LogP contribution in [0, 0.1) is 12.3 Å². The van der Waals surface area contributed by atoms with Crippen LogP contribution in [-0.2, 0) is 4.79 Å². The summed E-state index contributed by atoms with van der Waals surface area (Å²) in [6.45, 7) is 6.32. The van der Waals surface area contributed by atoms with Crippen molar-refractivity contribution in [2.24, 2.45) is 0 Å². The van der Waals surface area contributed by atoms with Crippen LogP contribution in [0.25, 0.3) is 0 Å². The Morgan fingerprint density at radius 1 is 1.41 bits per heavy atom. The van der Waals surface area contributed by atoms with Gasteiger partial charge in [-0.2, -0.15) is 0 Å². The van der Waals surface area contributed by atoms with E-state index in [4.69, 9.17) is 6.42 Å². The molecule has 2 N–H and O–H groups in total. The van der Waals surface area contributed by atoms with Gasteiger partial charge in [-0.15, -0.1) is 6.42 Å². The molecule has 0 aromatic heterocycles. The third-order valence-corrected chi connectivity index (χ3v) is 2.09. The maximum atomic E-state index is 11.6. The number of terminal acetylenes is 1. The molecule has 1 aromatic carbocycles. The lowest BCUT2D eigenvalue weighted by Gasteiger charge is -2.20. The molecule has 0 heterocycles. The predicted octanol–water partition coefficient (Wildman–Crippen LogP) is 1.99. The van der Waals surface area contributed by atoms with Crippen LogP contribution in [0.5, 0.6) is 0 Å². The number of anilines is 1. The number of hydrogen-bond donors (Lipinski definition) is 2. The average molecular weight is 230 g/mol. The largest absolute Gasteiger partial charge is 0.325 e. The zero-order chi connectivity index (χ0) is 12.9. The Kier molecular flexibility index (Phi) is 4.30. The van der Waals surface area contributed by atoms with E-state index in [0.29, 0.717) is 0 Å². The minimum Gasteiger partial charge on any atom is -0.325 e. The molecule has 3 nitrogen and oxygen atoms in total. The Balaban J connectivity index is 2.54. The molecule has 17 heavy (non-hydrogen) atoms. The second kappa shape index (κ2) is 5.51. The first kappa shape index (κ1) is 13.3. The Bertz CT molecular complexity index is 438. The first-order valence-corrected chi connectivity index (χ1v) is 5.52. The zero-order valence-corrected chi connectivity index (χ0v) is 10.5. The van der Waals surface area contributed by atoms with Crippen LogP contribution < -0.4 is 10.6 Å². The standard InChI is InChI=1S/C14H18N2O/c1-5-11-7-6-8-12(9-11)16-13(17)10-15-14(2,3)4/h1,6-9,15H,10H2,2-4H3,(H,16,17). The van der Waals surface area contributed by atoms with Crippen LogP contribution in [0.3, 0.4) is 0 Å². The van der Waals surface area contributed by atoms with E-state index in [9.17, 15) is 4.79 Å². The van der Waals surface area contributed by atoms with E-state index in [0.717, 1.165) is 11.3 Å². The SMILES string of the molecule is C#Cc1cccc(NC(=O)CNC(C)(C)C)c1. The molecule has 1 rings (SSSR count). The number of nitrogens with one attached hydrogen (secondary N) is 2. The summed E-state index contributed by atoms with van der Waals surface area (Å²) in [4.78, 5) is 11.6. The zero-order valence-electron chi connectivity index (χ0n) is 10.5. The van der Waals surface area contributed by atoms with Gasteiger partial charge in [0.1, 0.15) is 0 Å². The van der Waals surface area contributed by atoms with E-state index < -0.39 is 0 Å². The molecule has 0 bridgehead atoms. The molecule has 0 unspecified atom stereocenters. The van der Waals surface area contributed by atoms with Gasteiger partial charge in [0.05, 0.1) is 6.54 Å². The number of carbonyl (C=O) groups excluding carboxylic acids is 1. The smallest absolute Gasteiger partial charge is 0.238 e. The highest BCUT2D eigenvalue weighted by Crippen LogP contribution is 2.09. The van der Waals surface area contributed by atoms with Gasteiger partial charge in [0.15, 0.2) is 0 Å². The van der Waals surface area contributed by atoms with Crippen LogP contribution in [0.2, 0.25) is 0 Å². The van der Waals surface area contributed by atoms with E-state index in [2.05, 4.69) is 16.6 Å². The topological polar surface area (TPSA) is 41.1 Å². The van der Waals surface area contributed by atoms with Crippen molar-refractivity contribution in [3.63, 3.8) is 0 Å². The fourth-order valence-corrected chi connectivity index (χ4v) is 1.24. The third kappa shape index (κ3) is 5.19. The summed E-state index contributed by atoms with van der Waals surface area (Å²) in [6, 6.07) is 7.23. The van der Waals surface area contributed by atoms with Crippen LogP contribution >= 0.6 is 0 Å². The van der Waals surface area contributed by atoms with Crippen molar-refractivity contribution in [2.75, 3.05) is 11.9 Å². The molecule has 0 saturated heterocycles. The summed E-state index contributed by atoms with van der Waals surface area (Å²) >= 11 is 0. The number of carbonyl (C=O) groups is 1. The lowest BCUT2D eigenvalue weighted by atomic mass is 10.1. The summed E-state index contributed by atoms with van der Waals surface area (Å²) in [5.41, 5.74) is 1.41. The number of hydrogen-bond acceptors (Lipinski definition) is 2. The van der Waals surface area contributed by atoms with E-state index in [-0.39, 0.29) is 18.0 Å².